The Morgan fingerprint density at radius 3 is 2.78 bits per heavy atom. The van der Waals surface area contributed by atoms with Crippen molar-refractivity contribution in [3.05, 3.63) is 28.8 Å². The van der Waals surface area contributed by atoms with Crippen molar-refractivity contribution >= 4 is 29.2 Å². The Hall–Kier alpha value is -1.75. The van der Waals surface area contributed by atoms with Gasteiger partial charge in [0.25, 0.3) is 5.91 Å². The summed E-state index contributed by atoms with van der Waals surface area (Å²) in [6.07, 6.45) is 0.817. The van der Waals surface area contributed by atoms with Gasteiger partial charge in [-0.2, -0.15) is 0 Å². The smallest absolute Gasteiger partial charge is 0.342 e. The number of benzene rings is 1. The number of rotatable bonds is 5. The molecule has 0 radical (unpaired) electrons. The first kappa shape index (κ1) is 14.3. The van der Waals surface area contributed by atoms with Crippen molar-refractivity contribution < 1.29 is 14.3 Å². The molecule has 0 saturated heterocycles. The maximum absolute atomic E-state index is 11.7. The zero-order valence-corrected chi connectivity index (χ0v) is 10.8. The van der Waals surface area contributed by atoms with E-state index in [0.29, 0.717) is 6.54 Å². The molecule has 0 aliphatic heterocycles. The molecule has 1 aromatic carbocycles. The molecule has 0 aliphatic carbocycles. The molecular weight excluding hydrogens is 256 g/mol. The first-order valence-electron chi connectivity index (χ1n) is 5.54. The fourth-order valence-electron chi connectivity index (χ4n) is 1.27. The predicted molar refractivity (Wildman–Crippen MR) is 69.4 cm³/mol. The van der Waals surface area contributed by atoms with Gasteiger partial charge in [0.1, 0.15) is 5.56 Å². The molecule has 18 heavy (non-hydrogen) atoms. The van der Waals surface area contributed by atoms with Crippen LogP contribution in [-0.2, 0) is 9.53 Å². The second kappa shape index (κ2) is 6.86. The van der Waals surface area contributed by atoms with Gasteiger partial charge in [0.05, 0.1) is 5.02 Å². The molecule has 0 aromatic heterocycles. The third kappa shape index (κ3) is 3.92. The van der Waals surface area contributed by atoms with Crippen molar-refractivity contribution in [2.75, 3.05) is 18.9 Å². The number of nitrogens with two attached hydrogens (primary N) is 1. The zero-order chi connectivity index (χ0) is 13.5. The molecule has 1 aromatic rings. The van der Waals surface area contributed by atoms with Crippen LogP contribution in [0.2, 0.25) is 5.02 Å². The minimum Gasteiger partial charge on any atom is -0.452 e. The number of nitrogens with one attached hydrogen (secondary N) is 1. The Labute approximate surface area is 110 Å². The molecular formula is C12H15ClN2O3. The minimum atomic E-state index is -0.704. The van der Waals surface area contributed by atoms with Gasteiger partial charge in [0, 0.05) is 12.2 Å². The molecule has 0 spiro atoms. The van der Waals surface area contributed by atoms with E-state index in [2.05, 4.69) is 5.32 Å². The van der Waals surface area contributed by atoms with Crippen LogP contribution in [0.5, 0.6) is 0 Å². The summed E-state index contributed by atoms with van der Waals surface area (Å²) in [5.74, 6) is -1.06. The Kier molecular flexibility index (Phi) is 5.45. The van der Waals surface area contributed by atoms with Crippen LogP contribution < -0.4 is 11.1 Å². The first-order chi connectivity index (χ1) is 8.56. The summed E-state index contributed by atoms with van der Waals surface area (Å²) in [6, 6.07) is 4.70. The van der Waals surface area contributed by atoms with Gasteiger partial charge in [-0.05, 0) is 18.6 Å². The first-order valence-corrected chi connectivity index (χ1v) is 5.91. The highest BCUT2D eigenvalue weighted by atomic mass is 35.5. The molecule has 1 rings (SSSR count). The number of ether oxygens (including phenoxy) is 1. The van der Waals surface area contributed by atoms with Crippen LogP contribution in [0.1, 0.15) is 23.7 Å². The summed E-state index contributed by atoms with van der Waals surface area (Å²) in [5, 5.41) is 2.79. The van der Waals surface area contributed by atoms with Gasteiger partial charge in [-0.15, -0.1) is 0 Å². The lowest BCUT2D eigenvalue weighted by atomic mass is 10.2. The fraction of sp³-hybridized carbons (Fsp3) is 0.333. The van der Waals surface area contributed by atoms with Crippen molar-refractivity contribution in [2.24, 2.45) is 0 Å². The molecule has 98 valence electrons. The van der Waals surface area contributed by atoms with Crippen molar-refractivity contribution in [3.8, 4) is 0 Å². The van der Waals surface area contributed by atoms with E-state index in [1.54, 1.807) is 12.1 Å². The van der Waals surface area contributed by atoms with Crippen molar-refractivity contribution in [1.82, 2.24) is 5.32 Å². The van der Waals surface area contributed by atoms with Crippen LogP contribution >= 0.6 is 11.6 Å². The third-order valence-corrected chi connectivity index (χ3v) is 2.47. The summed E-state index contributed by atoms with van der Waals surface area (Å²) in [5.41, 5.74) is 5.93. The lowest BCUT2D eigenvalue weighted by Crippen LogP contribution is -2.29. The largest absolute Gasteiger partial charge is 0.452 e. The fourth-order valence-corrected chi connectivity index (χ4v) is 1.53. The average Bonchev–Trinajstić information content (AvgIpc) is 2.33. The summed E-state index contributed by atoms with van der Waals surface area (Å²) >= 11 is 5.84. The Morgan fingerprint density at radius 1 is 1.44 bits per heavy atom. The second-order valence-electron chi connectivity index (χ2n) is 3.63. The molecule has 0 fully saturated rings. The summed E-state index contributed by atoms with van der Waals surface area (Å²) in [7, 11) is 0. The molecule has 5 nitrogen and oxygen atoms in total. The molecule has 0 aliphatic rings. The number of hydrogen-bond acceptors (Lipinski definition) is 4. The van der Waals surface area contributed by atoms with Crippen LogP contribution in [0, 0.1) is 0 Å². The van der Waals surface area contributed by atoms with Gasteiger partial charge in [-0.3, -0.25) is 4.79 Å². The number of esters is 1. The summed E-state index contributed by atoms with van der Waals surface area (Å²) in [4.78, 5) is 23.0. The highest BCUT2D eigenvalue weighted by molar-refractivity contribution is 6.34. The van der Waals surface area contributed by atoms with E-state index in [-0.39, 0.29) is 28.8 Å². The van der Waals surface area contributed by atoms with Crippen molar-refractivity contribution in [3.63, 3.8) is 0 Å². The highest BCUT2D eigenvalue weighted by Crippen LogP contribution is 2.22. The predicted octanol–water partition coefficient (Wildman–Crippen LogP) is 1.61. The van der Waals surface area contributed by atoms with E-state index < -0.39 is 5.97 Å². The Morgan fingerprint density at radius 2 is 2.17 bits per heavy atom. The summed E-state index contributed by atoms with van der Waals surface area (Å²) in [6.45, 7) is 2.13. The zero-order valence-electron chi connectivity index (χ0n) is 10.0. The van der Waals surface area contributed by atoms with Crippen LogP contribution in [-0.4, -0.2) is 25.0 Å². The monoisotopic (exact) mass is 270 g/mol. The van der Waals surface area contributed by atoms with Crippen molar-refractivity contribution in [2.45, 2.75) is 13.3 Å². The Bertz CT molecular complexity index is 429. The van der Waals surface area contributed by atoms with E-state index in [4.69, 9.17) is 22.1 Å². The van der Waals surface area contributed by atoms with Gasteiger partial charge in [0.15, 0.2) is 6.61 Å². The molecule has 1 amide bonds. The van der Waals surface area contributed by atoms with Gasteiger partial charge in [0.2, 0.25) is 0 Å². The number of carbonyl (C=O) groups is 2. The molecule has 0 saturated carbocycles. The molecule has 0 heterocycles. The van der Waals surface area contributed by atoms with Crippen LogP contribution in [0.15, 0.2) is 18.2 Å². The van der Waals surface area contributed by atoms with Crippen molar-refractivity contribution in [1.29, 1.82) is 0 Å². The van der Waals surface area contributed by atoms with Gasteiger partial charge in [-0.1, -0.05) is 24.6 Å². The van der Waals surface area contributed by atoms with E-state index in [0.717, 1.165) is 6.42 Å². The number of anilines is 1. The van der Waals surface area contributed by atoms with E-state index in [1.165, 1.54) is 6.07 Å². The molecule has 0 bridgehead atoms. The third-order valence-electron chi connectivity index (χ3n) is 2.16. The van der Waals surface area contributed by atoms with Crippen LogP contribution in [0.25, 0.3) is 0 Å². The molecule has 0 unspecified atom stereocenters. The topological polar surface area (TPSA) is 81.4 Å². The van der Waals surface area contributed by atoms with Gasteiger partial charge < -0.3 is 15.8 Å². The van der Waals surface area contributed by atoms with E-state index in [9.17, 15) is 9.59 Å². The van der Waals surface area contributed by atoms with E-state index >= 15 is 0 Å². The maximum atomic E-state index is 11.7. The maximum Gasteiger partial charge on any atom is 0.342 e. The Balaban J connectivity index is 2.58. The number of carbonyl (C=O) groups excluding carboxylic acids is 2. The van der Waals surface area contributed by atoms with E-state index in [1.807, 2.05) is 6.92 Å². The highest BCUT2D eigenvalue weighted by Gasteiger charge is 2.16. The molecule has 3 N–H and O–H groups in total. The molecule has 6 heteroatoms. The van der Waals surface area contributed by atoms with Crippen LogP contribution in [0.4, 0.5) is 5.69 Å². The number of halogens is 1. The van der Waals surface area contributed by atoms with Gasteiger partial charge >= 0.3 is 5.97 Å². The van der Waals surface area contributed by atoms with Gasteiger partial charge in [-0.25, -0.2) is 4.79 Å². The SMILES string of the molecule is CCCNC(=O)COC(=O)c1c(N)cccc1Cl. The average molecular weight is 271 g/mol. The lowest BCUT2D eigenvalue weighted by Gasteiger charge is -2.08. The normalized spacial score (nSPS) is 9.89. The van der Waals surface area contributed by atoms with Crippen LogP contribution in [0.3, 0.4) is 0 Å². The lowest BCUT2D eigenvalue weighted by molar-refractivity contribution is -0.124. The summed E-state index contributed by atoms with van der Waals surface area (Å²) < 4.78 is 4.83. The molecule has 0 atom stereocenters. The standard InChI is InChI=1S/C12H15ClN2O3/c1-2-6-15-10(16)7-18-12(17)11-8(13)4-3-5-9(11)14/h3-5H,2,6-7,14H2,1H3,(H,15,16). The number of nitrogen functional groups attached to an aromatic ring is 1. The second-order valence-corrected chi connectivity index (χ2v) is 4.04. The number of hydrogen-bond donors (Lipinski definition) is 2. The number of amides is 1. The minimum absolute atomic E-state index is 0.0856. The quantitative estimate of drug-likeness (QED) is 0.629.